The van der Waals surface area contributed by atoms with Gasteiger partial charge in [0.25, 0.3) is 0 Å². The fourth-order valence-electron chi connectivity index (χ4n) is 1.77. The molecule has 1 nitrogen and oxygen atoms in total. The van der Waals surface area contributed by atoms with Crippen molar-refractivity contribution in [2.45, 2.75) is 12.5 Å². The van der Waals surface area contributed by atoms with Crippen LogP contribution in [0.2, 0.25) is 0 Å². The highest BCUT2D eigenvalue weighted by Crippen LogP contribution is 2.26. The van der Waals surface area contributed by atoms with E-state index in [1.54, 1.807) is 24.3 Å². The van der Waals surface area contributed by atoms with E-state index in [9.17, 15) is 13.9 Å². The molecule has 5 heteroatoms. The van der Waals surface area contributed by atoms with Crippen molar-refractivity contribution < 1.29 is 13.9 Å². The average molecular weight is 392 g/mol. The molecule has 0 fully saturated rings. The second kappa shape index (κ2) is 6.11. The number of aliphatic hydroxyl groups is 1. The summed E-state index contributed by atoms with van der Waals surface area (Å²) in [6.07, 6.45) is -0.762. The van der Waals surface area contributed by atoms with Crippen LogP contribution >= 0.6 is 31.9 Å². The Morgan fingerprint density at radius 3 is 2.37 bits per heavy atom. The summed E-state index contributed by atoms with van der Waals surface area (Å²) < 4.78 is 27.7. The molecule has 0 bridgehead atoms. The van der Waals surface area contributed by atoms with Crippen LogP contribution in [0.3, 0.4) is 0 Å². The third kappa shape index (κ3) is 3.61. The molecule has 0 aliphatic rings. The maximum Gasteiger partial charge on any atom is 0.137 e. The van der Waals surface area contributed by atoms with Gasteiger partial charge in [0.15, 0.2) is 0 Å². The molecule has 0 heterocycles. The van der Waals surface area contributed by atoms with Crippen molar-refractivity contribution >= 4 is 31.9 Å². The van der Waals surface area contributed by atoms with Crippen molar-refractivity contribution in [3.63, 3.8) is 0 Å². The van der Waals surface area contributed by atoms with Gasteiger partial charge in [0.05, 0.1) is 10.6 Å². The summed E-state index contributed by atoms with van der Waals surface area (Å²) in [6.45, 7) is 0. The zero-order valence-corrected chi connectivity index (χ0v) is 12.9. The number of halogens is 4. The highest BCUT2D eigenvalue weighted by atomic mass is 79.9. The van der Waals surface area contributed by atoms with Crippen LogP contribution < -0.4 is 0 Å². The Bertz CT molecular complexity index is 602. The van der Waals surface area contributed by atoms with Gasteiger partial charge in [-0.1, -0.05) is 22.0 Å². The maximum atomic E-state index is 13.6. The van der Waals surface area contributed by atoms with Crippen LogP contribution in [0.5, 0.6) is 0 Å². The number of hydrogen-bond donors (Lipinski definition) is 1. The lowest BCUT2D eigenvalue weighted by Crippen LogP contribution is -2.04. The van der Waals surface area contributed by atoms with E-state index in [1.165, 1.54) is 12.1 Å². The van der Waals surface area contributed by atoms with Crippen molar-refractivity contribution in [2.75, 3.05) is 0 Å². The lowest BCUT2D eigenvalue weighted by Gasteiger charge is -2.13. The van der Waals surface area contributed by atoms with E-state index in [-0.39, 0.29) is 17.8 Å². The van der Waals surface area contributed by atoms with E-state index in [4.69, 9.17) is 0 Å². The smallest absolute Gasteiger partial charge is 0.137 e. The summed E-state index contributed by atoms with van der Waals surface area (Å²) in [5, 5.41) is 10.1. The predicted molar refractivity (Wildman–Crippen MR) is 76.9 cm³/mol. The number of hydrogen-bond acceptors (Lipinski definition) is 1. The predicted octanol–water partition coefficient (Wildman–Crippen LogP) is 4.77. The fourth-order valence-corrected chi connectivity index (χ4v) is 2.57. The molecule has 0 saturated heterocycles. The Morgan fingerprint density at radius 2 is 1.68 bits per heavy atom. The summed E-state index contributed by atoms with van der Waals surface area (Å²) >= 11 is 6.32. The van der Waals surface area contributed by atoms with Crippen LogP contribution in [0.1, 0.15) is 17.2 Å². The van der Waals surface area contributed by atoms with Gasteiger partial charge in [-0.05, 0) is 51.8 Å². The molecule has 2 aromatic rings. The van der Waals surface area contributed by atoms with E-state index >= 15 is 0 Å². The zero-order chi connectivity index (χ0) is 14.0. The number of benzene rings is 2. The van der Waals surface area contributed by atoms with Gasteiger partial charge in [-0.2, -0.15) is 0 Å². The van der Waals surface area contributed by atoms with Crippen molar-refractivity contribution in [3.05, 3.63) is 68.1 Å². The lowest BCUT2D eigenvalue weighted by atomic mass is 10.0. The molecule has 0 saturated carbocycles. The van der Waals surface area contributed by atoms with Gasteiger partial charge in [0, 0.05) is 16.5 Å². The van der Waals surface area contributed by atoms with Gasteiger partial charge in [0.1, 0.15) is 11.6 Å². The van der Waals surface area contributed by atoms with Crippen LogP contribution in [0, 0.1) is 11.6 Å². The quantitative estimate of drug-likeness (QED) is 0.799. The first-order valence-corrected chi connectivity index (χ1v) is 7.13. The molecule has 100 valence electrons. The molecule has 1 atom stereocenters. The second-order valence-electron chi connectivity index (χ2n) is 4.13. The minimum atomic E-state index is -0.977. The molecular formula is C14H10Br2F2O. The SMILES string of the molecule is OC(Cc1ccc(F)c(Br)c1)c1cc(Br)ccc1F. The normalized spacial score (nSPS) is 12.5. The first kappa shape index (κ1) is 14.6. The van der Waals surface area contributed by atoms with E-state index in [2.05, 4.69) is 31.9 Å². The Labute approximate surface area is 126 Å². The Morgan fingerprint density at radius 1 is 1.00 bits per heavy atom. The summed E-state index contributed by atoms with van der Waals surface area (Å²) in [5.41, 5.74) is 0.940. The molecule has 0 spiro atoms. The highest BCUT2D eigenvalue weighted by Gasteiger charge is 2.14. The molecule has 2 rings (SSSR count). The Hall–Kier alpha value is -0.780. The molecule has 2 aromatic carbocycles. The maximum absolute atomic E-state index is 13.6. The summed E-state index contributed by atoms with van der Waals surface area (Å²) in [4.78, 5) is 0. The molecule has 0 aliphatic carbocycles. The minimum Gasteiger partial charge on any atom is -0.388 e. The topological polar surface area (TPSA) is 20.2 Å². The first-order chi connectivity index (χ1) is 8.97. The van der Waals surface area contributed by atoms with Gasteiger partial charge < -0.3 is 5.11 Å². The lowest BCUT2D eigenvalue weighted by molar-refractivity contribution is 0.173. The highest BCUT2D eigenvalue weighted by molar-refractivity contribution is 9.10. The monoisotopic (exact) mass is 390 g/mol. The number of aliphatic hydroxyl groups excluding tert-OH is 1. The van der Waals surface area contributed by atoms with E-state index in [1.807, 2.05) is 0 Å². The standard InChI is InChI=1S/C14H10Br2F2O/c15-9-2-4-12(17)10(7-9)14(19)6-8-1-3-13(18)11(16)5-8/h1-5,7,14,19H,6H2. The first-order valence-electron chi connectivity index (χ1n) is 5.54. The molecular weight excluding hydrogens is 382 g/mol. The van der Waals surface area contributed by atoms with E-state index in [0.717, 1.165) is 5.56 Å². The Kier molecular flexibility index (Phi) is 4.71. The van der Waals surface area contributed by atoms with Crippen LogP contribution in [0.15, 0.2) is 45.3 Å². The van der Waals surface area contributed by atoms with Crippen LogP contribution in [-0.2, 0) is 6.42 Å². The minimum absolute atomic E-state index is 0.215. The van der Waals surface area contributed by atoms with Crippen molar-refractivity contribution in [1.82, 2.24) is 0 Å². The molecule has 19 heavy (non-hydrogen) atoms. The fraction of sp³-hybridized carbons (Fsp3) is 0.143. The largest absolute Gasteiger partial charge is 0.388 e. The van der Waals surface area contributed by atoms with Gasteiger partial charge in [-0.25, -0.2) is 8.78 Å². The van der Waals surface area contributed by atoms with E-state index < -0.39 is 11.9 Å². The molecule has 1 unspecified atom stereocenters. The third-order valence-electron chi connectivity index (χ3n) is 2.73. The van der Waals surface area contributed by atoms with Gasteiger partial charge >= 0.3 is 0 Å². The van der Waals surface area contributed by atoms with Crippen molar-refractivity contribution in [1.29, 1.82) is 0 Å². The molecule has 0 aromatic heterocycles. The van der Waals surface area contributed by atoms with Gasteiger partial charge in [0.2, 0.25) is 0 Å². The molecule has 0 amide bonds. The Balaban J connectivity index is 2.22. The molecule has 1 N–H and O–H groups in total. The van der Waals surface area contributed by atoms with Gasteiger partial charge in [-0.3, -0.25) is 0 Å². The zero-order valence-electron chi connectivity index (χ0n) is 9.71. The summed E-state index contributed by atoms with van der Waals surface area (Å²) in [5.74, 6) is -0.830. The van der Waals surface area contributed by atoms with Crippen LogP contribution in [-0.4, -0.2) is 5.11 Å². The van der Waals surface area contributed by atoms with Crippen molar-refractivity contribution in [2.24, 2.45) is 0 Å². The average Bonchev–Trinajstić information content (AvgIpc) is 2.36. The third-order valence-corrected chi connectivity index (χ3v) is 3.83. The second-order valence-corrected chi connectivity index (χ2v) is 5.90. The van der Waals surface area contributed by atoms with Crippen molar-refractivity contribution in [3.8, 4) is 0 Å². The van der Waals surface area contributed by atoms with Crippen LogP contribution in [0.25, 0.3) is 0 Å². The molecule has 0 radical (unpaired) electrons. The summed E-state index contributed by atoms with van der Waals surface area (Å²) in [6, 6.07) is 8.86. The van der Waals surface area contributed by atoms with E-state index in [0.29, 0.717) is 8.95 Å². The van der Waals surface area contributed by atoms with Gasteiger partial charge in [-0.15, -0.1) is 0 Å². The molecule has 0 aliphatic heterocycles. The summed E-state index contributed by atoms with van der Waals surface area (Å²) in [7, 11) is 0. The van der Waals surface area contributed by atoms with Crippen LogP contribution in [0.4, 0.5) is 8.78 Å². The number of rotatable bonds is 3.